The number of nitrogens with one attached hydrogen (secondary N) is 1. The Hall–Kier alpha value is -1.14. The van der Waals surface area contributed by atoms with Crippen LogP contribution < -0.4 is 5.32 Å². The van der Waals surface area contributed by atoms with Crippen LogP contribution in [-0.4, -0.2) is 47.4 Å². The van der Waals surface area contributed by atoms with Crippen LogP contribution in [0.3, 0.4) is 0 Å². The highest BCUT2D eigenvalue weighted by molar-refractivity contribution is 5.76. The number of aliphatic hydroxyl groups is 2. The van der Waals surface area contributed by atoms with Gasteiger partial charge in [-0.15, -0.1) is 0 Å². The first-order valence-corrected chi connectivity index (χ1v) is 41.8. The summed E-state index contributed by atoms with van der Waals surface area (Å²) in [7, 11) is 0. The highest BCUT2D eigenvalue weighted by atomic mass is 16.5. The summed E-state index contributed by atoms with van der Waals surface area (Å²) in [5.41, 5.74) is 0. The van der Waals surface area contributed by atoms with Crippen LogP contribution in [0.2, 0.25) is 0 Å². The van der Waals surface area contributed by atoms with Gasteiger partial charge in [0.1, 0.15) is 0 Å². The van der Waals surface area contributed by atoms with E-state index in [4.69, 9.17) is 4.74 Å². The molecule has 0 radical (unpaired) electrons. The van der Waals surface area contributed by atoms with E-state index in [1.165, 1.54) is 424 Å². The monoisotopic (exact) mass is 1260 g/mol. The number of amides is 1. The van der Waals surface area contributed by atoms with Crippen molar-refractivity contribution in [2.45, 2.75) is 508 Å². The van der Waals surface area contributed by atoms with Crippen molar-refractivity contribution in [3.63, 3.8) is 0 Å². The number of rotatable bonds is 80. The molecule has 0 fully saturated rings. The van der Waals surface area contributed by atoms with E-state index < -0.39 is 12.1 Å². The predicted octanol–water partition coefficient (Wildman–Crippen LogP) is 27.7. The summed E-state index contributed by atoms with van der Waals surface area (Å²) >= 11 is 0. The summed E-state index contributed by atoms with van der Waals surface area (Å²) in [6, 6.07) is -0.537. The van der Waals surface area contributed by atoms with E-state index in [9.17, 15) is 19.8 Å². The zero-order valence-corrected chi connectivity index (χ0v) is 61.2. The van der Waals surface area contributed by atoms with E-state index in [1.54, 1.807) is 0 Å². The summed E-state index contributed by atoms with van der Waals surface area (Å²) in [6.07, 6.45) is 99.4. The zero-order valence-electron chi connectivity index (χ0n) is 61.2. The molecular weight excluding hydrogens is 1090 g/mol. The van der Waals surface area contributed by atoms with Crippen molar-refractivity contribution in [2.75, 3.05) is 13.2 Å². The molecule has 0 saturated heterocycles. The molecule has 0 rings (SSSR count). The third-order valence-corrected chi connectivity index (χ3v) is 20.2. The Kier molecular flexibility index (Phi) is 78.3. The number of aliphatic hydroxyl groups excluding tert-OH is 2. The fourth-order valence-corrected chi connectivity index (χ4v) is 13.8. The van der Waals surface area contributed by atoms with E-state index in [0.717, 1.165) is 38.5 Å². The van der Waals surface area contributed by atoms with Crippen LogP contribution in [0, 0.1) is 0 Å². The van der Waals surface area contributed by atoms with Gasteiger partial charge in [0, 0.05) is 12.8 Å². The molecule has 89 heavy (non-hydrogen) atoms. The highest BCUT2D eigenvalue weighted by Gasteiger charge is 2.20. The Bertz CT molecular complexity index is 1310. The predicted molar refractivity (Wildman–Crippen MR) is 394 cm³/mol. The van der Waals surface area contributed by atoms with Crippen LogP contribution in [0.15, 0.2) is 0 Å². The minimum atomic E-state index is -0.660. The van der Waals surface area contributed by atoms with Crippen molar-refractivity contribution in [3.05, 3.63) is 0 Å². The average molecular weight is 1260 g/mol. The first-order chi connectivity index (χ1) is 44.0. The second-order valence-corrected chi connectivity index (χ2v) is 29.2. The van der Waals surface area contributed by atoms with Crippen LogP contribution in [0.1, 0.15) is 495 Å². The molecule has 0 aliphatic carbocycles. The maximum Gasteiger partial charge on any atom is 0.305 e. The lowest BCUT2D eigenvalue weighted by Crippen LogP contribution is -2.45. The summed E-state index contributed by atoms with van der Waals surface area (Å²) < 4.78 is 5.51. The van der Waals surface area contributed by atoms with Crippen molar-refractivity contribution in [1.29, 1.82) is 0 Å². The summed E-state index contributed by atoms with van der Waals surface area (Å²) in [5.74, 6) is 0.00424. The van der Waals surface area contributed by atoms with Crippen molar-refractivity contribution in [1.82, 2.24) is 5.32 Å². The molecule has 2 atom stereocenters. The Balaban J connectivity index is 3.29. The fourth-order valence-electron chi connectivity index (χ4n) is 13.8. The SMILES string of the molecule is CCCCCCCCCCCCCCCCCCCCCCCC(O)C(CO)NC(=O)CCCCCCCCCCCCCCCCCCCCCCCCCCCCCCCCCCCCCCCOC(=O)CCCCCCCCCCCCCCCC. The van der Waals surface area contributed by atoms with E-state index in [1.807, 2.05) is 0 Å². The molecule has 0 aromatic rings. The standard InChI is InChI=1S/C83H165NO5/c1-3-5-7-9-11-13-15-17-19-20-21-39-42-45-48-51-55-59-63-67-71-75-81(86)80(79-85)84-82(87)76-72-68-64-60-56-52-49-46-43-40-37-35-33-31-29-27-25-23-22-24-26-28-30-32-34-36-38-41-44-47-50-54-58-62-66-70-74-78-89-83(88)77-73-69-65-61-57-53-18-16-14-12-10-8-6-4-2/h80-81,85-86H,3-79H2,1-2H3,(H,84,87). The van der Waals surface area contributed by atoms with Gasteiger partial charge in [-0.25, -0.2) is 0 Å². The van der Waals surface area contributed by atoms with Gasteiger partial charge in [0.05, 0.1) is 25.4 Å². The van der Waals surface area contributed by atoms with Gasteiger partial charge in [-0.3, -0.25) is 9.59 Å². The van der Waals surface area contributed by atoms with Gasteiger partial charge < -0.3 is 20.3 Å². The number of carbonyl (C=O) groups excluding carboxylic acids is 2. The highest BCUT2D eigenvalue weighted by Crippen LogP contribution is 2.21. The Morgan fingerprint density at radius 2 is 0.461 bits per heavy atom. The van der Waals surface area contributed by atoms with Gasteiger partial charge in [0.25, 0.3) is 0 Å². The van der Waals surface area contributed by atoms with E-state index in [0.29, 0.717) is 25.9 Å². The van der Waals surface area contributed by atoms with E-state index in [2.05, 4.69) is 19.2 Å². The second kappa shape index (κ2) is 79.3. The number of hydrogen-bond acceptors (Lipinski definition) is 5. The van der Waals surface area contributed by atoms with Crippen molar-refractivity contribution >= 4 is 11.9 Å². The first kappa shape index (κ1) is 87.9. The molecule has 2 unspecified atom stereocenters. The molecule has 0 spiro atoms. The Morgan fingerprint density at radius 3 is 0.685 bits per heavy atom. The van der Waals surface area contributed by atoms with Gasteiger partial charge in [-0.2, -0.15) is 0 Å². The summed E-state index contributed by atoms with van der Waals surface area (Å²) in [6.45, 7) is 5.02. The third-order valence-electron chi connectivity index (χ3n) is 20.2. The maximum absolute atomic E-state index is 12.6. The fraction of sp³-hybridized carbons (Fsp3) is 0.976. The number of hydrogen-bond donors (Lipinski definition) is 3. The lowest BCUT2D eigenvalue weighted by atomic mass is 10.0. The molecular formula is C83H165NO5. The Labute approximate surface area is 559 Å². The van der Waals surface area contributed by atoms with Gasteiger partial charge in [0.2, 0.25) is 5.91 Å². The molecule has 1 amide bonds. The number of unbranched alkanes of at least 4 members (excludes halogenated alkanes) is 69. The smallest absolute Gasteiger partial charge is 0.305 e. The maximum atomic E-state index is 12.6. The number of esters is 1. The zero-order chi connectivity index (χ0) is 64.2. The topological polar surface area (TPSA) is 95.9 Å². The second-order valence-electron chi connectivity index (χ2n) is 29.2. The number of carbonyl (C=O) groups is 2. The molecule has 0 heterocycles. The molecule has 0 aromatic heterocycles. The van der Waals surface area contributed by atoms with E-state index in [-0.39, 0.29) is 18.5 Å². The molecule has 0 aromatic carbocycles. The normalized spacial score (nSPS) is 12.4. The van der Waals surface area contributed by atoms with Crippen LogP contribution >= 0.6 is 0 Å². The van der Waals surface area contributed by atoms with Gasteiger partial charge in [-0.1, -0.05) is 457 Å². The van der Waals surface area contributed by atoms with Gasteiger partial charge >= 0.3 is 5.97 Å². The molecule has 0 aliphatic heterocycles. The van der Waals surface area contributed by atoms with Crippen LogP contribution in [0.5, 0.6) is 0 Å². The largest absolute Gasteiger partial charge is 0.466 e. The minimum Gasteiger partial charge on any atom is -0.466 e. The molecule has 0 aliphatic rings. The molecule has 0 saturated carbocycles. The molecule has 6 heteroatoms. The molecule has 3 N–H and O–H groups in total. The van der Waals surface area contributed by atoms with Crippen molar-refractivity contribution in [3.8, 4) is 0 Å². The van der Waals surface area contributed by atoms with Crippen LogP contribution in [0.4, 0.5) is 0 Å². The van der Waals surface area contributed by atoms with E-state index >= 15 is 0 Å². The quantitative estimate of drug-likeness (QED) is 0.0417. The van der Waals surface area contributed by atoms with Crippen molar-refractivity contribution < 1.29 is 24.5 Å². The van der Waals surface area contributed by atoms with Gasteiger partial charge in [-0.05, 0) is 25.7 Å². The number of ether oxygens (including phenoxy) is 1. The van der Waals surface area contributed by atoms with Crippen LogP contribution in [-0.2, 0) is 14.3 Å². The molecule has 0 bridgehead atoms. The minimum absolute atomic E-state index is 0.0229. The molecule has 6 nitrogen and oxygen atoms in total. The first-order valence-electron chi connectivity index (χ1n) is 41.8. The lowest BCUT2D eigenvalue weighted by molar-refractivity contribution is -0.143. The third kappa shape index (κ3) is 75.8. The summed E-state index contributed by atoms with van der Waals surface area (Å²) in [5, 5.41) is 23.5. The van der Waals surface area contributed by atoms with Crippen molar-refractivity contribution in [2.24, 2.45) is 0 Å². The summed E-state index contributed by atoms with van der Waals surface area (Å²) in [4.78, 5) is 24.7. The lowest BCUT2D eigenvalue weighted by Gasteiger charge is -2.22. The Morgan fingerprint density at radius 1 is 0.270 bits per heavy atom. The average Bonchev–Trinajstić information content (AvgIpc) is 3.63. The molecule has 532 valence electrons. The van der Waals surface area contributed by atoms with Gasteiger partial charge in [0.15, 0.2) is 0 Å². The van der Waals surface area contributed by atoms with Crippen LogP contribution in [0.25, 0.3) is 0 Å².